The van der Waals surface area contributed by atoms with Crippen LogP contribution < -0.4 is 5.32 Å². The van der Waals surface area contributed by atoms with Crippen molar-refractivity contribution in [2.45, 2.75) is 13.0 Å². The minimum atomic E-state index is -1.21. The predicted octanol–water partition coefficient (Wildman–Crippen LogP) is 1.42. The van der Waals surface area contributed by atoms with E-state index in [-0.39, 0.29) is 5.56 Å². The first-order chi connectivity index (χ1) is 9.88. The summed E-state index contributed by atoms with van der Waals surface area (Å²) in [6, 6.07) is 2.63. The molecule has 0 spiro atoms. The van der Waals surface area contributed by atoms with E-state index in [4.69, 9.17) is 0 Å². The lowest BCUT2D eigenvalue weighted by molar-refractivity contribution is -0.139. The summed E-state index contributed by atoms with van der Waals surface area (Å²) in [6.07, 6.45) is 2.88. The highest BCUT2D eigenvalue weighted by atomic mass is 19.1. The first-order valence-corrected chi connectivity index (χ1v) is 6.17. The number of nitrogens with one attached hydrogen (secondary N) is 1. The van der Waals surface area contributed by atoms with Gasteiger partial charge in [-0.1, -0.05) is 0 Å². The topological polar surface area (TPSA) is 84.2 Å². The van der Waals surface area contributed by atoms with Gasteiger partial charge >= 0.3 is 5.97 Å². The fourth-order valence-corrected chi connectivity index (χ4v) is 1.88. The van der Waals surface area contributed by atoms with Gasteiger partial charge in [0.1, 0.15) is 5.82 Å². The molecule has 1 aromatic heterocycles. The third-order valence-corrected chi connectivity index (χ3v) is 3.00. The second-order valence-electron chi connectivity index (χ2n) is 4.66. The third kappa shape index (κ3) is 3.25. The summed E-state index contributed by atoms with van der Waals surface area (Å²) in [6.45, 7) is 1.53. The van der Waals surface area contributed by atoms with Gasteiger partial charge in [0.25, 0.3) is 5.91 Å². The Morgan fingerprint density at radius 2 is 2.14 bits per heavy atom. The maximum atomic E-state index is 13.2. The van der Waals surface area contributed by atoms with E-state index in [2.05, 4.69) is 10.4 Å². The number of hydrogen-bond donors (Lipinski definition) is 2. The third-order valence-electron chi connectivity index (χ3n) is 3.00. The molecule has 0 fully saturated rings. The Morgan fingerprint density at radius 3 is 2.67 bits per heavy atom. The Bertz CT molecular complexity index is 697. The molecule has 1 aromatic carbocycles. The zero-order chi connectivity index (χ0) is 15.6. The molecule has 6 nitrogen and oxygen atoms in total. The summed E-state index contributed by atoms with van der Waals surface area (Å²) >= 11 is 0. The number of nitrogens with zero attached hydrogens (tertiary/aromatic N) is 2. The molecule has 0 aliphatic rings. The monoisotopic (exact) mass is 291 g/mol. The van der Waals surface area contributed by atoms with Crippen molar-refractivity contribution in [3.05, 3.63) is 53.1 Å². The molecule has 0 radical (unpaired) electrons. The summed E-state index contributed by atoms with van der Waals surface area (Å²) in [5.74, 6) is -2.21. The maximum Gasteiger partial charge on any atom is 0.331 e. The number of hydrogen-bond acceptors (Lipinski definition) is 3. The van der Waals surface area contributed by atoms with Gasteiger partial charge < -0.3 is 10.4 Å². The number of carboxylic acids is 1. The zero-order valence-corrected chi connectivity index (χ0v) is 11.5. The molecule has 7 heteroatoms. The van der Waals surface area contributed by atoms with Crippen LogP contribution in [0.3, 0.4) is 0 Å². The van der Waals surface area contributed by atoms with Gasteiger partial charge in [-0.3, -0.25) is 9.48 Å². The van der Waals surface area contributed by atoms with Crippen LogP contribution in [0.2, 0.25) is 0 Å². The zero-order valence-electron chi connectivity index (χ0n) is 11.5. The number of amides is 1. The van der Waals surface area contributed by atoms with E-state index in [9.17, 15) is 19.1 Å². The molecule has 0 aliphatic carbocycles. The van der Waals surface area contributed by atoms with Crippen molar-refractivity contribution >= 4 is 11.9 Å². The van der Waals surface area contributed by atoms with E-state index >= 15 is 0 Å². The van der Waals surface area contributed by atoms with Crippen LogP contribution in [0.1, 0.15) is 27.5 Å². The highest BCUT2D eigenvalue weighted by Crippen LogP contribution is 2.14. The second-order valence-corrected chi connectivity index (χ2v) is 4.66. The number of aromatic nitrogens is 2. The van der Waals surface area contributed by atoms with Crippen molar-refractivity contribution in [1.29, 1.82) is 0 Å². The van der Waals surface area contributed by atoms with Gasteiger partial charge in [0.2, 0.25) is 0 Å². The molecule has 0 saturated carbocycles. The van der Waals surface area contributed by atoms with Crippen LogP contribution in [0.25, 0.3) is 0 Å². The lowest BCUT2D eigenvalue weighted by Crippen LogP contribution is -2.33. The Morgan fingerprint density at radius 1 is 1.43 bits per heavy atom. The van der Waals surface area contributed by atoms with Gasteiger partial charge in [0, 0.05) is 24.4 Å². The largest absolute Gasteiger partial charge is 0.479 e. The van der Waals surface area contributed by atoms with Crippen molar-refractivity contribution in [3.63, 3.8) is 0 Å². The minimum absolute atomic E-state index is 0.198. The normalized spacial score (nSPS) is 12.0. The van der Waals surface area contributed by atoms with E-state index in [1.807, 2.05) is 0 Å². The van der Waals surface area contributed by atoms with Crippen LogP contribution >= 0.6 is 0 Å². The van der Waals surface area contributed by atoms with Crippen LogP contribution in [0, 0.1) is 12.7 Å². The van der Waals surface area contributed by atoms with Crippen molar-refractivity contribution < 1.29 is 19.1 Å². The number of aryl methyl sites for hydroxylation is 2. The van der Waals surface area contributed by atoms with Gasteiger partial charge in [-0.2, -0.15) is 5.10 Å². The summed E-state index contributed by atoms with van der Waals surface area (Å²) < 4.78 is 14.6. The summed E-state index contributed by atoms with van der Waals surface area (Å²) in [5.41, 5.74) is 0.872. The number of aliphatic carboxylic acids is 1. The number of carbonyl (C=O) groups is 2. The molecule has 2 aromatic rings. The van der Waals surface area contributed by atoms with Crippen molar-refractivity contribution in [3.8, 4) is 0 Å². The molecule has 1 unspecified atom stereocenters. The summed E-state index contributed by atoms with van der Waals surface area (Å²) in [7, 11) is 1.65. The minimum Gasteiger partial charge on any atom is -0.479 e. The fraction of sp³-hybridized carbons (Fsp3) is 0.214. The lowest BCUT2D eigenvalue weighted by Gasteiger charge is -2.13. The molecular formula is C14H14FN3O3. The molecule has 1 amide bonds. The number of carbonyl (C=O) groups excluding carboxylic acids is 1. The molecule has 0 aliphatic heterocycles. The Labute approximate surface area is 120 Å². The van der Waals surface area contributed by atoms with E-state index in [0.717, 1.165) is 0 Å². The maximum absolute atomic E-state index is 13.2. The molecule has 1 atom stereocenters. The van der Waals surface area contributed by atoms with Crippen molar-refractivity contribution in [2.75, 3.05) is 0 Å². The van der Waals surface area contributed by atoms with Gasteiger partial charge in [-0.05, 0) is 30.7 Å². The van der Waals surface area contributed by atoms with Crippen LogP contribution in [0.4, 0.5) is 4.39 Å². The number of carboxylic acid groups (broad SMARTS) is 1. The standard InChI is InChI=1S/C14H14FN3O3/c1-8-5-9(3-4-11(8)15)13(19)17-12(14(20)21)10-6-16-18(2)7-10/h3-7,12H,1-2H3,(H,17,19)(H,20,21). The summed E-state index contributed by atoms with van der Waals surface area (Å²) in [5, 5.41) is 15.5. The van der Waals surface area contributed by atoms with E-state index < -0.39 is 23.7 Å². The SMILES string of the molecule is Cc1cc(C(=O)NC(C(=O)O)c2cnn(C)c2)ccc1F. The first kappa shape index (κ1) is 14.7. The van der Waals surface area contributed by atoms with Gasteiger partial charge in [-0.25, -0.2) is 9.18 Å². The summed E-state index contributed by atoms with van der Waals surface area (Å²) in [4.78, 5) is 23.4. The van der Waals surface area contributed by atoms with Gasteiger partial charge in [0.05, 0.1) is 6.20 Å². The molecule has 21 heavy (non-hydrogen) atoms. The fourth-order valence-electron chi connectivity index (χ4n) is 1.88. The molecular weight excluding hydrogens is 277 g/mol. The van der Waals surface area contributed by atoms with Crippen LogP contribution in [-0.2, 0) is 11.8 Å². The second kappa shape index (κ2) is 5.74. The first-order valence-electron chi connectivity index (χ1n) is 6.17. The average Bonchev–Trinajstić information content (AvgIpc) is 2.84. The van der Waals surface area contributed by atoms with E-state index in [0.29, 0.717) is 11.1 Å². The molecule has 110 valence electrons. The van der Waals surface area contributed by atoms with Gasteiger partial charge in [0.15, 0.2) is 6.04 Å². The molecule has 0 saturated heterocycles. The lowest BCUT2D eigenvalue weighted by atomic mass is 10.1. The highest BCUT2D eigenvalue weighted by Gasteiger charge is 2.24. The molecule has 2 N–H and O–H groups in total. The average molecular weight is 291 g/mol. The van der Waals surface area contributed by atoms with E-state index in [1.54, 1.807) is 7.05 Å². The van der Waals surface area contributed by atoms with Crippen molar-refractivity contribution in [1.82, 2.24) is 15.1 Å². The molecule has 0 bridgehead atoms. The van der Waals surface area contributed by atoms with Crippen LogP contribution in [0.5, 0.6) is 0 Å². The number of rotatable bonds is 4. The number of benzene rings is 1. The Hall–Kier alpha value is -2.70. The Balaban J connectivity index is 2.22. The van der Waals surface area contributed by atoms with Gasteiger partial charge in [-0.15, -0.1) is 0 Å². The molecule has 1 heterocycles. The quantitative estimate of drug-likeness (QED) is 0.892. The molecule has 2 rings (SSSR count). The van der Waals surface area contributed by atoms with Crippen molar-refractivity contribution in [2.24, 2.45) is 7.05 Å². The smallest absolute Gasteiger partial charge is 0.331 e. The number of halogens is 1. The van der Waals surface area contributed by atoms with E-state index in [1.165, 1.54) is 42.2 Å². The highest BCUT2D eigenvalue weighted by molar-refractivity contribution is 5.96. The predicted molar refractivity (Wildman–Crippen MR) is 72.2 cm³/mol. The van der Waals surface area contributed by atoms with Crippen LogP contribution in [-0.4, -0.2) is 26.8 Å². The Kier molecular flexibility index (Phi) is 4.02. The van der Waals surface area contributed by atoms with Crippen LogP contribution in [0.15, 0.2) is 30.6 Å².